The van der Waals surface area contributed by atoms with Gasteiger partial charge >= 0.3 is 5.97 Å². The Labute approximate surface area is 147 Å². The number of ether oxygens (including phenoxy) is 1. The van der Waals surface area contributed by atoms with Crippen LogP contribution in [0.2, 0.25) is 0 Å². The van der Waals surface area contributed by atoms with Crippen molar-refractivity contribution in [1.82, 2.24) is 9.88 Å². The van der Waals surface area contributed by atoms with Gasteiger partial charge in [-0.3, -0.25) is 9.59 Å². The summed E-state index contributed by atoms with van der Waals surface area (Å²) in [5.41, 5.74) is 0.495. The number of anilines is 1. The Morgan fingerprint density at radius 1 is 1.52 bits per heavy atom. The highest BCUT2D eigenvalue weighted by molar-refractivity contribution is 7.17. The molecular formula is C16H17N3O5S. The number of thiazole rings is 1. The normalized spacial score (nSPS) is 17.0. The van der Waals surface area contributed by atoms with Crippen LogP contribution < -0.4 is 5.32 Å². The lowest BCUT2D eigenvalue weighted by molar-refractivity contribution is -0.128. The summed E-state index contributed by atoms with van der Waals surface area (Å²) >= 11 is 1.05. The van der Waals surface area contributed by atoms with Crippen LogP contribution in [0.4, 0.5) is 5.13 Å². The molecule has 1 atom stereocenters. The predicted molar refractivity (Wildman–Crippen MR) is 89.1 cm³/mol. The fourth-order valence-corrected chi connectivity index (χ4v) is 3.52. The second kappa shape index (κ2) is 7.06. The molecule has 0 bridgehead atoms. The number of methoxy groups -OCH3 is 1. The third-order valence-electron chi connectivity index (χ3n) is 3.91. The van der Waals surface area contributed by atoms with E-state index >= 15 is 0 Å². The summed E-state index contributed by atoms with van der Waals surface area (Å²) in [5.74, 6) is -0.667. The molecular weight excluding hydrogens is 346 g/mol. The summed E-state index contributed by atoms with van der Waals surface area (Å²) in [6.07, 6.45) is 1.69. The fourth-order valence-electron chi connectivity index (χ4n) is 2.63. The van der Waals surface area contributed by atoms with Crippen molar-refractivity contribution in [1.29, 1.82) is 0 Å². The van der Waals surface area contributed by atoms with Gasteiger partial charge in [0.2, 0.25) is 11.8 Å². The van der Waals surface area contributed by atoms with Crippen molar-refractivity contribution < 1.29 is 23.5 Å². The monoisotopic (exact) mass is 363 g/mol. The summed E-state index contributed by atoms with van der Waals surface area (Å²) < 4.78 is 9.91. The van der Waals surface area contributed by atoms with Gasteiger partial charge in [-0.15, -0.1) is 0 Å². The molecule has 1 N–H and O–H groups in total. The van der Waals surface area contributed by atoms with Gasteiger partial charge in [0.05, 0.1) is 31.5 Å². The zero-order chi connectivity index (χ0) is 18.0. The molecule has 1 unspecified atom stereocenters. The number of aromatic nitrogens is 1. The molecule has 0 spiro atoms. The average molecular weight is 363 g/mol. The van der Waals surface area contributed by atoms with Gasteiger partial charge in [-0.05, 0) is 19.1 Å². The predicted octanol–water partition coefficient (Wildman–Crippen LogP) is 1.82. The van der Waals surface area contributed by atoms with Gasteiger partial charge < -0.3 is 19.4 Å². The number of nitrogens with zero attached hydrogens (tertiary/aromatic N) is 2. The molecule has 2 aromatic rings. The Balaban J connectivity index is 1.62. The minimum absolute atomic E-state index is 0.0953. The van der Waals surface area contributed by atoms with E-state index < -0.39 is 11.9 Å². The number of likely N-dealkylation sites (tertiary alicyclic amines) is 1. The number of nitrogens with one attached hydrogen (secondary N) is 1. The molecule has 2 aromatic heterocycles. The topological polar surface area (TPSA) is 102 Å². The number of amides is 2. The van der Waals surface area contributed by atoms with E-state index in [1.54, 1.807) is 30.2 Å². The third-order valence-corrected chi connectivity index (χ3v) is 4.96. The molecule has 1 saturated heterocycles. The second-order valence-corrected chi connectivity index (χ2v) is 6.67. The molecule has 1 aliphatic heterocycles. The number of hydrogen-bond acceptors (Lipinski definition) is 7. The first-order valence-corrected chi connectivity index (χ1v) is 8.46. The van der Waals surface area contributed by atoms with Crippen molar-refractivity contribution in [2.24, 2.45) is 5.92 Å². The molecule has 9 heteroatoms. The first-order chi connectivity index (χ1) is 12.0. The maximum atomic E-state index is 12.4. The summed E-state index contributed by atoms with van der Waals surface area (Å²) in [6, 6.07) is 3.54. The van der Waals surface area contributed by atoms with E-state index in [0.717, 1.165) is 11.3 Å². The van der Waals surface area contributed by atoms with Crippen LogP contribution in [-0.2, 0) is 20.9 Å². The first-order valence-electron chi connectivity index (χ1n) is 7.64. The van der Waals surface area contributed by atoms with E-state index in [0.29, 0.717) is 34.6 Å². The number of carbonyl (C=O) groups excluding carboxylic acids is 3. The number of aryl methyl sites for hydroxylation is 1. The maximum Gasteiger partial charge on any atom is 0.350 e. The van der Waals surface area contributed by atoms with E-state index in [-0.39, 0.29) is 18.2 Å². The molecule has 0 saturated carbocycles. The van der Waals surface area contributed by atoms with Crippen molar-refractivity contribution in [3.05, 3.63) is 34.7 Å². The maximum absolute atomic E-state index is 12.4. The van der Waals surface area contributed by atoms with Crippen molar-refractivity contribution >= 4 is 34.3 Å². The molecule has 0 aliphatic carbocycles. The molecule has 8 nitrogen and oxygen atoms in total. The molecule has 3 heterocycles. The number of esters is 1. The van der Waals surface area contributed by atoms with Crippen molar-refractivity contribution in [2.75, 3.05) is 19.0 Å². The van der Waals surface area contributed by atoms with Gasteiger partial charge in [0.1, 0.15) is 10.6 Å². The van der Waals surface area contributed by atoms with E-state index in [1.807, 2.05) is 0 Å². The van der Waals surface area contributed by atoms with Gasteiger partial charge in [0, 0.05) is 13.0 Å². The third kappa shape index (κ3) is 3.71. The Morgan fingerprint density at radius 2 is 2.32 bits per heavy atom. The molecule has 25 heavy (non-hydrogen) atoms. The average Bonchev–Trinajstić information content (AvgIpc) is 3.29. The SMILES string of the molecule is COC(=O)c1sc(NC(=O)C2CC(=O)N(Cc3ccco3)C2)nc1C. The van der Waals surface area contributed by atoms with Crippen LogP contribution in [0.25, 0.3) is 0 Å². The standard InChI is InChI=1S/C16H17N3O5S/c1-9-13(15(22)23-2)25-16(17-9)18-14(21)10-6-12(20)19(7-10)8-11-4-3-5-24-11/h3-5,10H,6-8H2,1-2H3,(H,17,18,21). The second-order valence-electron chi connectivity index (χ2n) is 5.67. The number of rotatable bonds is 5. The smallest absolute Gasteiger partial charge is 0.350 e. The highest BCUT2D eigenvalue weighted by Crippen LogP contribution is 2.26. The number of furan rings is 1. The van der Waals surface area contributed by atoms with Crippen LogP contribution in [-0.4, -0.2) is 41.3 Å². The Kier molecular flexibility index (Phi) is 4.84. The molecule has 1 fully saturated rings. The first kappa shape index (κ1) is 17.2. The summed E-state index contributed by atoms with van der Waals surface area (Å²) in [5, 5.41) is 3.00. The van der Waals surface area contributed by atoms with Gasteiger partial charge in [-0.1, -0.05) is 11.3 Å². The Hall–Kier alpha value is -2.68. The molecule has 3 rings (SSSR count). The molecule has 1 aliphatic rings. The molecule has 0 radical (unpaired) electrons. The van der Waals surface area contributed by atoms with Crippen LogP contribution >= 0.6 is 11.3 Å². The molecule has 0 aromatic carbocycles. The van der Waals surface area contributed by atoms with Gasteiger partial charge in [-0.25, -0.2) is 9.78 Å². The molecule has 132 valence electrons. The van der Waals surface area contributed by atoms with Crippen molar-refractivity contribution in [2.45, 2.75) is 19.9 Å². The Morgan fingerprint density at radius 3 is 3.00 bits per heavy atom. The fraction of sp³-hybridized carbons (Fsp3) is 0.375. The van der Waals surface area contributed by atoms with Gasteiger partial charge in [0.25, 0.3) is 0 Å². The zero-order valence-corrected chi connectivity index (χ0v) is 14.6. The van der Waals surface area contributed by atoms with E-state index in [2.05, 4.69) is 15.0 Å². The van der Waals surface area contributed by atoms with Crippen LogP contribution in [0.1, 0.15) is 27.5 Å². The van der Waals surface area contributed by atoms with Gasteiger partial charge in [-0.2, -0.15) is 0 Å². The summed E-state index contributed by atoms with van der Waals surface area (Å²) in [4.78, 5) is 42.2. The van der Waals surface area contributed by atoms with Crippen LogP contribution in [0.3, 0.4) is 0 Å². The minimum atomic E-state index is -0.490. The molecule has 2 amide bonds. The van der Waals surface area contributed by atoms with Crippen LogP contribution in [0.15, 0.2) is 22.8 Å². The van der Waals surface area contributed by atoms with E-state index in [9.17, 15) is 14.4 Å². The number of hydrogen-bond donors (Lipinski definition) is 1. The summed E-state index contributed by atoms with van der Waals surface area (Å²) in [7, 11) is 1.29. The zero-order valence-electron chi connectivity index (χ0n) is 13.8. The quantitative estimate of drug-likeness (QED) is 0.813. The Bertz CT molecular complexity index is 799. The number of carbonyl (C=O) groups is 3. The van der Waals surface area contributed by atoms with Crippen molar-refractivity contribution in [3.63, 3.8) is 0 Å². The van der Waals surface area contributed by atoms with Crippen LogP contribution in [0.5, 0.6) is 0 Å². The minimum Gasteiger partial charge on any atom is -0.467 e. The van der Waals surface area contributed by atoms with Crippen LogP contribution in [0, 0.1) is 12.8 Å². The van der Waals surface area contributed by atoms with Crippen molar-refractivity contribution in [3.8, 4) is 0 Å². The van der Waals surface area contributed by atoms with E-state index in [4.69, 9.17) is 4.42 Å². The summed E-state index contributed by atoms with van der Waals surface area (Å²) in [6.45, 7) is 2.33. The lowest BCUT2D eigenvalue weighted by Gasteiger charge is -2.14. The van der Waals surface area contributed by atoms with E-state index in [1.165, 1.54) is 7.11 Å². The largest absolute Gasteiger partial charge is 0.467 e. The lowest BCUT2D eigenvalue weighted by Crippen LogP contribution is -2.27. The highest BCUT2D eigenvalue weighted by Gasteiger charge is 2.35. The van der Waals surface area contributed by atoms with Gasteiger partial charge in [0.15, 0.2) is 5.13 Å². The lowest BCUT2D eigenvalue weighted by atomic mass is 10.1. The highest BCUT2D eigenvalue weighted by atomic mass is 32.1.